The molecule has 1 aliphatic rings. The molecule has 0 spiro atoms. The Morgan fingerprint density at radius 1 is 1.12 bits per heavy atom. The minimum absolute atomic E-state index is 0.00613. The lowest BCUT2D eigenvalue weighted by atomic mass is 9.97. The molecule has 0 bridgehead atoms. The molecule has 11 nitrogen and oxygen atoms in total. The predicted molar refractivity (Wildman–Crippen MR) is 154 cm³/mol. The Bertz CT molecular complexity index is 1690. The van der Waals surface area contributed by atoms with E-state index >= 15 is 0 Å². The molecule has 5 rings (SSSR count). The van der Waals surface area contributed by atoms with E-state index in [2.05, 4.69) is 9.97 Å². The van der Waals surface area contributed by atoms with Gasteiger partial charge in [0.2, 0.25) is 0 Å². The van der Waals surface area contributed by atoms with Gasteiger partial charge in [-0.05, 0) is 63.2 Å². The number of likely N-dealkylation sites (tertiary alicyclic amines) is 1. The van der Waals surface area contributed by atoms with Crippen molar-refractivity contribution >= 4 is 22.9 Å². The van der Waals surface area contributed by atoms with Crippen LogP contribution in [0.2, 0.25) is 0 Å². The lowest BCUT2D eigenvalue weighted by Crippen LogP contribution is -2.52. The van der Waals surface area contributed by atoms with Crippen LogP contribution in [0.3, 0.4) is 0 Å². The molecule has 1 saturated heterocycles. The van der Waals surface area contributed by atoms with Gasteiger partial charge in [0, 0.05) is 32.2 Å². The van der Waals surface area contributed by atoms with Crippen LogP contribution in [0.25, 0.3) is 16.9 Å². The minimum atomic E-state index is -0.736. The van der Waals surface area contributed by atoms with Crippen LogP contribution in [-0.2, 0) is 16.1 Å². The summed E-state index contributed by atoms with van der Waals surface area (Å²) in [6, 6.07) is 18.5. The van der Waals surface area contributed by atoms with Gasteiger partial charge in [0.25, 0.3) is 5.91 Å². The summed E-state index contributed by atoms with van der Waals surface area (Å²) >= 11 is 0. The maximum absolute atomic E-state index is 13.7. The highest BCUT2D eigenvalue weighted by molar-refractivity contribution is 5.97. The maximum atomic E-state index is 13.7. The van der Waals surface area contributed by atoms with Gasteiger partial charge in [-0.1, -0.05) is 18.2 Å². The van der Waals surface area contributed by atoms with E-state index in [4.69, 9.17) is 15.2 Å². The number of hydrogen-bond acceptors (Lipinski definition) is 8. The molecule has 210 valence electrons. The molecule has 2 aromatic carbocycles. The zero-order valence-electron chi connectivity index (χ0n) is 23.2. The zero-order valence-corrected chi connectivity index (χ0v) is 23.2. The highest BCUT2D eigenvalue weighted by Crippen LogP contribution is 2.27. The molecule has 2 N–H and O–H groups in total. The van der Waals surface area contributed by atoms with Crippen molar-refractivity contribution in [2.24, 2.45) is 5.92 Å². The van der Waals surface area contributed by atoms with Crippen LogP contribution in [0.4, 0.5) is 5.82 Å². The molecule has 1 amide bonds. The number of carbonyl (C=O) groups is 1. The monoisotopic (exact) mass is 553 g/mol. The summed E-state index contributed by atoms with van der Waals surface area (Å²) in [5, 5.41) is 9.58. The van der Waals surface area contributed by atoms with Gasteiger partial charge >= 0.3 is 5.69 Å². The Labute approximate surface area is 237 Å². The number of carbonyl (C=O) groups excluding carboxylic acids is 1. The Kier molecular flexibility index (Phi) is 7.59. The fourth-order valence-electron chi connectivity index (χ4n) is 4.98. The van der Waals surface area contributed by atoms with Gasteiger partial charge in [0.1, 0.15) is 35.0 Å². The largest absolute Gasteiger partial charge is 0.457 e. The lowest BCUT2D eigenvalue weighted by Gasteiger charge is -2.39. The third kappa shape index (κ3) is 5.69. The number of fused-ring (bicyclic) bond motifs is 1. The SMILES string of the molecule is CCOC(C)(C)C=C(C#N)C(=O)N1CC(Cn2c(=O)n(-c3ccc(Oc4ccccc4)cc3)c3c(N)ncnc32)C1. The first-order chi connectivity index (χ1) is 19.7. The molecule has 4 aromatic rings. The fraction of sp³-hybridized carbons (Fsp3) is 0.300. The summed E-state index contributed by atoms with van der Waals surface area (Å²) in [5.41, 5.74) is 6.62. The van der Waals surface area contributed by atoms with E-state index in [1.165, 1.54) is 10.9 Å². The number of nitrogens with two attached hydrogens (primary N) is 1. The van der Waals surface area contributed by atoms with Crippen LogP contribution >= 0.6 is 0 Å². The number of amides is 1. The van der Waals surface area contributed by atoms with Crippen molar-refractivity contribution in [2.45, 2.75) is 32.9 Å². The average Bonchev–Trinajstić information content (AvgIpc) is 3.21. The molecular weight excluding hydrogens is 522 g/mol. The quantitative estimate of drug-likeness (QED) is 0.244. The second kappa shape index (κ2) is 11.3. The van der Waals surface area contributed by atoms with Crippen molar-refractivity contribution in [3.63, 3.8) is 0 Å². The van der Waals surface area contributed by atoms with Crippen molar-refractivity contribution in [2.75, 3.05) is 25.4 Å². The van der Waals surface area contributed by atoms with Gasteiger partial charge in [0.15, 0.2) is 11.5 Å². The van der Waals surface area contributed by atoms with Crippen LogP contribution < -0.4 is 16.2 Å². The second-order valence-corrected chi connectivity index (χ2v) is 10.4. The highest BCUT2D eigenvalue weighted by atomic mass is 16.5. The van der Waals surface area contributed by atoms with E-state index in [-0.39, 0.29) is 28.9 Å². The zero-order chi connectivity index (χ0) is 29.1. The number of nitrogens with zero attached hydrogens (tertiary/aromatic N) is 6. The molecule has 0 unspecified atom stereocenters. The van der Waals surface area contributed by atoms with Crippen LogP contribution in [-0.4, -0.2) is 55.2 Å². The molecule has 0 saturated carbocycles. The molecular formula is C30H31N7O4. The second-order valence-electron chi connectivity index (χ2n) is 10.4. The molecule has 0 radical (unpaired) electrons. The fourth-order valence-corrected chi connectivity index (χ4v) is 4.98. The Balaban J connectivity index is 1.36. The molecule has 1 fully saturated rings. The maximum Gasteiger partial charge on any atom is 0.335 e. The number of aromatic nitrogens is 4. The number of benzene rings is 2. The smallest absolute Gasteiger partial charge is 0.335 e. The highest BCUT2D eigenvalue weighted by Gasteiger charge is 2.34. The first kappa shape index (κ1) is 27.6. The van der Waals surface area contributed by atoms with Crippen LogP contribution in [0.15, 0.2) is 77.4 Å². The average molecular weight is 554 g/mol. The Morgan fingerprint density at radius 2 is 1.80 bits per heavy atom. The summed E-state index contributed by atoms with van der Waals surface area (Å²) in [7, 11) is 0. The summed E-state index contributed by atoms with van der Waals surface area (Å²) in [6.07, 6.45) is 2.88. The van der Waals surface area contributed by atoms with Crippen molar-refractivity contribution in [3.05, 3.63) is 83.1 Å². The van der Waals surface area contributed by atoms with E-state index in [9.17, 15) is 14.9 Å². The normalized spacial score (nSPS) is 14.1. The topological polar surface area (TPSA) is 141 Å². The van der Waals surface area contributed by atoms with E-state index < -0.39 is 5.60 Å². The van der Waals surface area contributed by atoms with Crippen molar-refractivity contribution in [3.8, 4) is 23.3 Å². The first-order valence-electron chi connectivity index (χ1n) is 13.3. The number of hydrogen-bond donors (Lipinski definition) is 1. The number of ether oxygens (including phenoxy) is 2. The number of imidazole rings is 1. The number of para-hydroxylation sites is 1. The minimum Gasteiger partial charge on any atom is -0.457 e. The van der Waals surface area contributed by atoms with Crippen molar-refractivity contribution < 1.29 is 14.3 Å². The van der Waals surface area contributed by atoms with Crippen LogP contribution in [0.1, 0.15) is 20.8 Å². The van der Waals surface area contributed by atoms with Gasteiger partial charge in [-0.3, -0.25) is 13.9 Å². The van der Waals surface area contributed by atoms with E-state index in [0.29, 0.717) is 54.6 Å². The molecule has 41 heavy (non-hydrogen) atoms. The molecule has 2 aromatic heterocycles. The van der Waals surface area contributed by atoms with Crippen LogP contribution in [0.5, 0.6) is 11.5 Å². The van der Waals surface area contributed by atoms with Gasteiger partial charge in [-0.2, -0.15) is 5.26 Å². The molecule has 3 heterocycles. The third-order valence-electron chi connectivity index (χ3n) is 6.85. The predicted octanol–water partition coefficient (Wildman–Crippen LogP) is 3.68. The number of anilines is 1. The standard InChI is InChI=1S/C30H31N7O4/c1-4-40-30(2,3)14-21(15-31)28(38)35-16-20(17-35)18-36-27-25(26(32)33-19-34-27)37(29(36)39)22-10-12-24(13-11-22)41-23-8-6-5-7-9-23/h5-14,19-20H,4,16-18H2,1-3H3,(H2,32,33,34). The molecule has 0 aliphatic carbocycles. The Hall–Kier alpha value is -4.95. The molecule has 0 atom stereocenters. The first-order valence-corrected chi connectivity index (χ1v) is 13.3. The van der Waals surface area contributed by atoms with E-state index in [0.717, 1.165) is 0 Å². The number of nitriles is 1. The summed E-state index contributed by atoms with van der Waals surface area (Å²) in [4.78, 5) is 36.7. The van der Waals surface area contributed by atoms with Gasteiger partial charge in [0.05, 0.1) is 11.3 Å². The van der Waals surface area contributed by atoms with Gasteiger partial charge < -0.3 is 20.1 Å². The molecule has 11 heteroatoms. The van der Waals surface area contributed by atoms with Gasteiger partial charge in [-0.25, -0.2) is 14.8 Å². The number of rotatable bonds is 9. The van der Waals surface area contributed by atoms with E-state index in [1.807, 2.05) is 43.3 Å². The van der Waals surface area contributed by atoms with Crippen molar-refractivity contribution in [1.29, 1.82) is 5.26 Å². The summed E-state index contributed by atoms with van der Waals surface area (Å²) in [6.45, 7) is 7.06. The number of nitrogen functional groups attached to an aromatic ring is 1. The van der Waals surface area contributed by atoms with Gasteiger partial charge in [-0.15, -0.1) is 0 Å². The molecule has 1 aliphatic heterocycles. The van der Waals surface area contributed by atoms with Crippen LogP contribution in [0, 0.1) is 17.2 Å². The lowest BCUT2D eigenvalue weighted by molar-refractivity contribution is -0.133. The van der Waals surface area contributed by atoms with E-state index in [1.54, 1.807) is 53.7 Å². The summed E-state index contributed by atoms with van der Waals surface area (Å²) in [5.74, 6) is 1.15. The van der Waals surface area contributed by atoms with Crippen molar-refractivity contribution in [1.82, 2.24) is 24.0 Å². The third-order valence-corrected chi connectivity index (χ3v) is 6.85. The Morgan fingerprint density at radius 3 is 2.46 bits per heavy atom. The summed E-state index contributed by atoms with van der Waals surface area (Å²) < 4.78 is 14.5.